The molecule has 0 saturated carbocycles. The molecule has 4 nitrogen and oxygen atoms in total. The molecule has 0 radical (unpaired) electrons. The lowest BCUT2D eigenvalue weighted by atomic mass is 10.2. The Hall–Kier alpha value is -1.58. The Kier molecular flexibility index (Phi) is 1.99. The SMILES string of the molecule is Cc1cc(O)c(C(=O)O)c[n+]1C. The van der Waals surface area contributed by atoms with Crippen molar-refractivity contribution in [2.75, 3.05) is 0 Å². The molecule has 0 aliphatic heterocycles. The second-order valence-electron chi connectivity index (χ2n) is 2.63. The third kappa shape index (κ3) is 1.37. The van der Waals surface area contributed by atoms with Gasteiger partial charge in [0, 0.05) is 13.0 Å². The van der Waals surface area contributed by atoms with Crippen LogP contribution in [0.2, 0.25) is 0 Å². The molecule has 0 fully saturated rings. The number of carboxylic acid groups (broad SMARTS) is 1. The summed E-state index contributed by atoms with van der Waals surface area (Å²) >= 11 is 0. The van der Waals surface area contributed by atoms with E-state index in [0.29, 0.717) is 0 Å². The minimum atomic E-state index is -1.12. The van der Waals surface area contributed by atoms with E-state index in [9.17, 15) is 9.90 Å². The molecular weight excluding hydrogens is 158 g/mol. The fraction of sp³-hybridized carbons (Fsp3) is 0.250. The van der Waals surface area contributed by atoms with Crippen LogP contribution in [0.5, 0.6) is 5.75 Å². The summed E-state index contributed by atoms with van der Waals surface area (Å²) in [7, 11) is 1.72. The monoisotopic (exact) mass is 168 g/mol. The maximum atomic E-state index is 10.5. The largest absolute Gasteiger partial charge is 0.507 e. The molecule has 0 unspecified atom stereocenters. The Labute approximate surface area is 69.7 Å². The van der Waals surface area contributed by atoms with E-state index in [0.717, 1.165) is 5.69 Å². The van der Waals surface area contributed by atoms with Gasteiger partial charge in [-0.2, -0.15) is 0 Å². The van der Waals surface area contributed by atoms with Crippen LogP contribution in [-0.2, 0) is 7.05 Å². The quantitative estimate of drug-likeness (QED) is 0.590. The van der Waals surface area contributed by atoms with Crippen molar-refractivity contribution in [3.05, 3.63) is 23.5 Å². The third-order valence-corrected chi connectivity index (χ3v) is 1.73. The molecule has 0 saturated heterocycles. The van der Waals surface area contributed by atoms with Crippen molar-refractivity contribution in [3.63, 3.8) is 0 Å². The van der Waals surface area contributed by atoms with Crippen LogP contribution < -0.4 is 4.57 Å². The number of carboxylic acids is 1. The van der Waals surface area contributed by atoms with Gasteiger partial charge in [0.25, 0.3) is 0 Å². The zero-order chi connectivity index (χ0) is 9.30. The van der Waals surface area contributed by atoms with Gasteiger partial charge in [-0.1, -0.05) is 0 Å². The van der Waals surface area contributed by atoms with Gasteiger partial charge in [0.1, 0.15) is 12.8 Å². The van der Waals surface area contributed by atoms with Crippen LogP contribution in [0, 0.1) is 6.92 Å². The number of hydrogen-bond donors (Lipinski definition) is 2. The van der Waals surface area contributed by atoms with Crippen molar-refractivity contribution < 1.29 is 19.6 Å². The molecular formula is C8H10NO3+. The third-order valence-electron chi connectivity index (χ3n) is 1.73. The first-order valence-electron chi connectivity index (χ1n) is 3.45. The van der Waals surface area contributed by atoms with Crippen molar-refractivity contribution in [3.8, 4) is 5.75 Å². The summed E-state index contributed by atoms with van der Waals surface area (Å²) in [4.78, 5) is 10.5. The van der Waals surface area contributed by atoms with Crippen LogP contribution >= 0.6 is 0 Å². The zero-order valence-electron chi connectivity index (χ0n) is 6.90. The van der Waals surface area contributed by atoms with E-state index in [-0.39, 0.29) is 11.3 Å². The van der Waals surface area contributed by atoms with Crippen molar-refractivity contribution in [1.82, 2.24) is 0 Å². The highest BCUT2D eigenvalue weighted by molar-refractivity contribution is 5.89. The number of carbonyl (C=O) groups is 1. The first-order valence-corrected chi connectivity index (χ1v) is 3.45. The summed E-state index contributed by atoms with van der Waals surface area (Å²) in [6.45, 7) is 1.78. The lowest BCUT2D eigenvalue weighted by Gasteiger charge is -1.98. The van der Waals surface area contributed by atoms with Crippen LogP contribution in [0.4, 0.5) is 0 Å². The number of aryl methyl sites for hydroxylation is 2. The fourth-order valence-electron chi connectivity index (χ4n) is 0.904. The lowest BCUT2D eigenvalue weighted by molar-refractivity contribution is -0.677. The summed E-state index contributed by atoms with van der Waals surface area (Å²) < 4.78 is 1.64. The van der Waals surface area contributed by atoms with Crippen LogP contribution in [0.1, 0.15) is 16.1 Å². The van der Waals surface area contributed by atoms with Crippen molar-refractivity contribution in [1.29, 1.82) is 0 Å². The molecule has 1 aromatic heterocycles. The van der Waals surface area contributed by atoms with E-state index in [4.69, 9.17) is 5.11 Å². The van der Waals surface area contributed by atoms with Gasteiger partial charge in [-0.25, -0.2) is 9.36 Å². The standard InChI is InChI=1S/C8H9NO3/c1-5-3-7(10)6(8(11)12)4-9(5)2/h3-4H,1-2H3,(H,11,12)/p+1. The van der Waals surface area contributed by atoms with Gasteiger partial charge in [0.2, 0.25) is 0 Å². The minimum Gasteiger partial charge on any atom is -0.507 e. The number of aromatic hydroxyl groups is 1. The van der Waals surface area contributed by atoms with E-state index in [1.54, 1.807) is 18.5 Å². The number of aromatic nitrogens is 1. The summed E-state index contributed by atoms with van der Waals surface area (Å²) in [5.74, 6) is -1.32. The highest BCUT2D eigenvalue weighted by Crippen LogP contribution is 2.14. The summed E-state index contributed by atoms with van der Waals surface area (Å²) in [6, 6.07) is 1.42. The Morgan fingerprint density at radius 1 is 1.58 bits per heavy atom. The van der Waals surface area contributed by atoms with Crippen molar-refractivity contribution >= 4 is 5.97 Å². The molecule has 0 aliphatic rings. The molecule has 0 aromatic carbocycles. The number of nitrogens with zero attached hydrogens (tertiary/aromatic N) is 1. The molecule has 1 rings (SSSR count). The molecule has 0 bridgehead atoms. The van der Waals surface area contributed by atoms with Gasteiger partial charge >= 0.3 is 5.97 Å². The van der Waals surface area contributed by atoms with Crippen LogP contribution in [-0.4, -0.2) is 16.2 Å². The minimum absolute atomic E-state index is 0.0805. The first kappa shape index (κ1) is 8.52. The normalized spacial score (nSPS) is 9.83. The highest BCUT2D eigenvalue weighted by atomic mass is 16.4. The maximum Gasteiger partial charge on any atom is 0.345 e. The van der Waals surface area contributed by atoms with E-state index < -0.39 is 5.97 Å². The Bertz CT molecular complexity index is 333. The van der Waals surface area contributed by atoms with E-state index in [2.05, 4.69) is 0 Å². The fourth-order valence-corrected chi connectivity index (χ4v) is 0.904. The maximum absolute atomic E-state index is 10.5. The van der Waals surface area contributed by atoms with E-state index in [1.165, 1.54) is 12.3 Å². The predicted molar refractivity (Wildman–Crippen MR) is 41.0 cm³/mol. The Balaban J connectivity index is 3.33. The van der Waals surface area contributed by atoms with Gasteiger partial charge in [0.05, 0.1) is 0 Å². The number of hydrogen-bond acceptors (Lipinski definition) is 2. The Morgan fingerprint density at radius 3 is 2.67 bits per heavy atom. The summed E-state index contributed by atoms with van der Waals surface area (Å²) in [5, 5.41) is 17.8. The molecule has 0 atom stereocenters. The number of rotatable bonds is 1. The predicted octanol–water partition coefficient (Wildman–Crippen LogP) is 0.223. The average Bonchev–Trinajstić information content (AvgIpc) is 1.96. The molecule has 4 heteroatoms. The van der Waals surface area contributed by atoms with Gasteiger partial charge in [-0.05, 0) is 0 Å². The zero-order valence-corrected chi connectivity index (χ0v) is 6.90. The molecule has 0 amide bonds. The van der Waals surface area contributed by atoms with Crippen molar-refractivity contribution in [2.24, 2.45) is 7.05 Å². The topological polar surface area (TPSA) is 61.4 Å². The average molecular weight is 168 g/mol. The van der Waals surface area contributed by atoms with Crippen LogP contribution in [0.3, 0.4) is 0 Å². The number of pyridine rings is 1. The first-order chi connectivity index (χ1) is 5.52. The molecule has 2 N–H and O–H groups in total. The molecule has 1 aromatic rings. The van der Waals surface area contributed by atoms with Gasteiger partial charge in [-0.15, -0.1) is 0 Å². The Morgan fingerprint density at radius 2 is 2.17 bits per heavy atom. The molecule has 1 heterocycles. The lowest BCUT2D eigenvalue weighted by Crippen LogP contribution is -2.32. The molecule has 12 heavy (non-hydrogen) atoms. The molecule has 64 valence electrons. The summed E-state index contributed by atoms with van der Waals surface area (Å²) in [5.41, 5.74) is 0.723. The van der Waals surface area contributed by atoms with Gasteiger partial charge in [0.15, 0.2) is 17.5 Å². The van der Waals surface area contributed by atoms with Crippen LogP contribution in [0.15, 0.2) is 12.3 Å². The second kappa shape index (κ2) is 2.81. The van der Waals surface area contributed by atoms with E-state index >= 15 is 0 Å². The van der Waals surface area contributed by atoms with Crippen molar-refractivity contribution in [2.45, 2.75) is 6.92 Å². The second-order valence-corrected chi connectivity index (χ2v) is 2.63. The smallest absolute Gasteiger partial charge is 0.345 e. The molecule has 0 aliphatic carbocycles. The number of aromatic carboxylic acids is 1. The summed E-state index contributed by atoms with van der Waals surface area (Å²) in [6.07, 6.45) is 1.38. The molecule has 0 spiro atoms. The van der Waals surface area contributed by atoms with Gasteiger partial charge in [-0.3, -0.25) is 0 Å². The van der Waals surface area contributed by atoms with Gasteiger partial charge < -0.3 is 10.2 Å². The highest BCUT2D eigenvalue weighted by Gasteiger charge is 2.15. The van der Waals surface area contributed by atoms with E-state index in [1.807, 2.05) is 0 Å². The van der Waals surface area contributed by atoms with Crippen LogP contribution in [0.25, 0.3) is 0 Å².